The second-order valence-electron chi connectivity index (χ2n) is 5.02. The second kappa shape index (κ2) is 5.49. The molecule has 2 heterocycles. The minimum atomic E-state index is -0.226. The first-order valence-electron chi connectivity index (χ1n) is 6.64. The van der Waals surface area contributed by atoms with Crippen LogP contribution in [0.3, 0.4) is 0 Å². The van der Waals surface area contributed by atoms with Gasteiger partial charge >= 0.3 is 6.03 Å². The van der Waals surface area contributed by atoms with Gasteiger partial charge in [0.1, 0.15) is 0 Å². The molecule has 0 unspecified atom stereocenters. The molecule has 17 heavy (non-hydrogen) atoms. The van der Waals surface area contributed by atoms with Crippen LogP contribution in [-0.2, 0) is 4.79 Å². The minimum Gasteiger partial charge on any atom is -0.336 e. The zero-order chi connectivity index (χ0) is 12.3. The number of hydrogen-bond donors (Lipinski definition) is 2. The first-order chi connectivity index (χ1) is 8.20. The molecule has 1 atom stereocenters. The molecular weight excluding hydrogens is 218 g/mol. The summed E-state index contributed by atoms with van der Waals surface area (Å²) in [5.41, 5.74) is 0. The Bertz CT molecular complexity index is 298. The van der Waals surface area contributed by atoms with E-state index in [1.54, 1.807) is 0 Å². The van der Waals surface area contributed by atoms with E-state index in [0.29, 0.717) is 13.1 Å². The predicted molar refractivity (Wildman–Crippen MR) is 63.7 cm³/mol. The van der Waals surface area contributed by atoms with Gasteiger partial charge in [-0.25, -0.2) is 4.79 Å². The molecule has 0 saturated carbocycles. The van der Waals surface area contributed by atoms with Crippen molar-refractivity contribution in [1.82, 2.24) is 10.2 Å². The third-order valence-corrected chi connectivity index (χ3v) is 3.85. The SMILES string of the molecule is C[C@@H](C(=O)N1CCNC1=O)[NH+]1CCCCCC1. The molecule has 0 spiro atoms. The number of nitrogens with zero attached hydrogens (tertiary/aromatic N) is 1. The van der Waals surface area contributed by atoms with Crippen molar-refractivity contribution in [3.05, 3.63) is 0 Å². The van der Waals surface area contributed by atoms with Gasteiger partial charge in [0, 0.05) is 13.1 Å². The number of quaternary nitrogens is 1. The third-order valence-electron chi connectivity index (χ3n) is 3.85. The highest BCUT2D eigenvalue weighted by Gasteiger charge is 2.34. The summed E-state index contributed by atoms with van der Waals surface area (Å²) in [4.78, 5) is 26.4. The number of hydrogen-bond acceptors (Lipinski definition) is 2. The molecule has 5 nitrogen and oxygen atoms in total. The van der Waals surface area contributed by atoms with Gasteiger partial charge in [-0.15, -0.1) is 0 Å². The fourth-order valence-corrected chi connectivity index (χ4v) is 2.71. The number of carbonyl (C=O) groups excluding carboxylic acids is 2. The Labute approximate surface area is 102 Å². The number of carbonyl (C=O) groups is 2. The Balaban J connectivity index is 1.95. The number of amides is 3. The number of nitrogens with one attached hydrogen (secondary N) is 2. The first kappa shape index (κ1) is 12.4. The Morgan fingerprint density at radius 3 is 2.47 bits per heavy atom. The predicted octanol–water partition coefficient (Wildman–Crippen LogP) is -0.614. The Morgan fingerprint density at radius 1 is 1.29 bits per heavy atom. The number of urea groups is 1. The summed E-state index contributed by atoms with van der Waals surface area (Å²) in [6.07, 6.45) is 4.93. The molecule has 5 heteroatoms. The summed E-state index contributed by atoms with van der Waals surface area (Å²) in [5, 5.41) is 2.68. The molecule has 96 valence electrons. The Morgan fingerprint density at radius 2 is 1.94 bits per heavy atom. The maximum atomic E-state index is 12.2. The van der Waals surface area contributed by atoms with Crippen LogP contribution in [0.5, 0.6) is 0 Å². The van der Waals surface area contributed by atoms with Crippen molar-refractivity contribution >= 4 is 11.9 Å². The zero-order valence-corrected chi connectivity index (χ0v) is 10.5. The minimum absolute atomic E-state index is 0.0168. The molecule has 0 aromatic rings. The van der Waals surface area contributed by atoms with E-state index in [9.17, 15) is 9.59 Å². The van der Waals surface area contributed by atoms with Gasteiger partial charge in [-0.05, 0) is 32.6 Å². The third kappa shape index (κ3) is 2.77. The van der Waals surface area contributed by atoms with Crippen molar-refractivity contribution in [2.75, 3.05) is 26.2 Å². The van der Waals surface area contributed by atoms with E-state index < -0.39 is 0 Å². The quantitative estimate of drug-likeness (QED) is 0.676. The molecule has 2 aliphatic rings. The molecule has 3 amide bonds. The molecule has 0 radical (unpaired) electrons. The second-order valence-corrected chi connectivity index (χ2v) is 5.02. The van der Waals surface area contributed by atoms with Crippen molar-refractivity contribution in [2.24, 2.45) is 0 Å². The van der Waals surface area contributed by atoms with Gasteiger partial charge in [-0.1, -0.05) is 0 Å². The van der Waals surface area contributed by atoms with Gasteiger partial charge in [0.2, 0.25) is 0 Å². The average molecular weight is 240 g/mol. The van der Waals surface area contributed by atoms with Crippen molar-refractivity contribution in [1.29, 1.82) is 0 Å². The van der Waals surface area contributed by atoms with Gasteiger partial charge in [0.15, 0.2) is 6.04 Å². The highest BCUT2D eigenvalue weighted by molar-refractivity contribution is 5.97. The first-order valence-corrected chi connectivity index (χ1v) is 6.64. The lowest BCUT2D eigenvalue weighted by Crippen LogP contribution is -3.16. The summed E-state index contributed by atoms with van der Waals surface area (Å²) in [6.45, 7) is 5.18. The van der Waals surface area contributed by atoms with E-state index in [2.05, 4.69) is 5.32 Å². The fourth-order valence-electron chi connectivity index (χ4n) is 2.71. The maximum absolute atomic E-state index is 12.2. The number of likely N-dealkylation sites (tertiary alicyclic amines) is 1. The van der Waals surface area contributed by atoms with Crippen LogP contribution < -0.4 is 10.2 Å². The molecule has 2 saturated heterocycles. The number of imide groups is 1. The van der Waals surface area contributed by atoms with E-state index in [4.69, 9.17) is 0 Å². The van der Waals surface area contributed by atoms with Crippen molar-refractivity contribution < 1.29 is 14.5 Å². The molecule has 2 fully saturated rings. The van der Waals surface area contributed by atoms with Crippen molar-refractivity contribution in [3.63, 3.8) is 0 Å². The molecule has 0 aliphatic carbocycles. The lowest BCUT2D eigenvalue weighted by molar-refractivity contribution is -0.913. The van der Waals surface area contributed by atoms with Crippen molar-refractivity contribution in [3.8, 4) is 0 Å². The van der Waals surface area contributed by atoms with E-state index in [-0.39, 0.29) is 18.0 Å². The van der Waals surface area contributed by atoms with Crippen LogP contribution in [0.15, 0.2) is 0 Å². The summed E-state index contributed by atoms with van der Waals surface area (Å²) in [6, 6.07) is -0.312. The number of rotatable bonds is 2. The summed E-state index contributed by atoms with van der Waals surface area (Å²) in [7, 11) is 0. The van der Waals surface area contributed by atoms with E-state index in [0.717, 1.165) is 13.1 Å². The van der Waals surface area contributed by atoms with Crippen LogP contribution >= 0.6 is 0 Å². The van der Waals surface area contributed by atoms with Gasteiger partial charge < -0.3 is 10.2 Å². The lowest BCUT2D eigenvalue weighted by atomic mass is 10.2. The summed E-state index contributed by atoms with van der Waals surface area (Å²) < 4.78 is 0. The molecular formula is C12H22N3O2+. The van der Waals surface area contributed by atoms with Crippen LogP contribution in [0.25, 0.3) is 0 Å². The van der Waals surface area contributed by atoms with Crippen LogP contribution in [0.4, 0.5) is 4.79 Å². The van der Waals surface area contributed by atoms with Gasteiger partial charge in [-0.2, -0.15) is 0 Å². The van der Waals surface area contributed by atoms with Crippen LogP contribution in [0.1, 0.15) is 32.6 Å². The highest BCUT2D eigenvalue weighted by atomic mass is 16.2. The zero-order valence-electron chi connectivity index (χ0n) is 10.5. The lowest BCUT2D eigenvalue weighted by Gasteiger charge is -2.26. The molecule has 2 rings (SSSR count). The van der Waals surface area contributed by atoms with Crippen LogP contribution in [-0.4, -0.2) is 49.1 Å². The normalized spacial score (nSPS) is 24.3. The highest BCUT2D eigenvalue weighted by Crippen LogP contribution is 2.03. The topological polar surface area (TPSA) is 53.9 Å². The largest absolute Gasteiger partial charge is 0.336 e. The molecule has 2 aliphatic heterocycles. The maximum Gasteiger partial charge on any atom is 0.324 e. The van der Waals surface area contributed by atoms with Gasteiger partial charge in [0.05, 0.1) is 13.1 Å². The molecule has 0 aromatic carbocycles. The van der Waals surface area contributed by atoms with Gasteiger partial charge in [-0.3, -0.25) is 9.69 Å². The summed E-state index contributed by atoms with van der Waals surface area (Å²) in [5.74, 6) is -0.0168. The van der Waals surface area contributed by atoms with E-state index >= 15 is 0 Å². The molecule has 2 N–H and O–H groups in total. The van der Waals surface area contributed by atoms with E-state index in [1.165, 1.54) is 35.5 Å². The van der Waals surface area contributed by atoms with Crippen molar-refractivity contribution in [2.45, 2.75) is 38.6 Å². The molecule has 0 aromatic heterocycles. The van der Waals surface area contributed by atoms with E-state index in [1.807, 2.05) is 6.92 Å². The fraction of sp³-hybridized carbons (Fsp3) is 0.833. The summed E-state index contributed by atoms with van der Waals surface area (Å²) >= 11 is 0. The smallest absolute Gasteiger partial charge is 0.324 e. The standard InChI is InChI=1S/C12H21N3O2/c1-10(14-7-4-2-3-5-8-14)11(16)15-9-6-13-12(15)17/h10H,2-9H2,1H3,(H,13,17)/p+1/t10-/m0/s1. The van der Waals surface area contributed by atoms with Crippen LogP contribution in [0.2, 0.25) is 0 Å². The Hall–Kier alpha value is -1.10. The van der Waals surface area contributed by atoms with Crippen LogP contribution in [0, 0.1) is 0 Å². The monoisotopic (exact) mass is 240 g/mol. The molecule has 0 bridgehead atoms. The Kier molecular flexibility index (Phi) is 3.99. The average Bonchev–Trinajstić information content (AvgIpc) is 2.60. The van der Waals surface area contributed by atoms with Gasteiger partial charge in [0.25, 0.3) is 5.91 Å².